The summed E-state index contributed by atoms with van der Waals surface area (Å²) in [5.41, 5.74) is 8.01. The largest absolute Gasteiger partial charge is 0.485 e. The number of tetrazole rings is 1. The Bertz CT molecular complexity index is 535. The van der Waals surface area contributed by atoms with Crippen LogP contribution in [-0.4, -0.2) is 20.2 Å². The van der Waals surface area contributed by atoms with E-state index in [-0.39, 0.29) is 12.6 Å². The number of aryl methyl sites for hydroxylation is 2. The molecule has 0 radical (unpaired) electrons. The van der Waals surface area contributed by atoms with Gasteiger partial charge in [0.25, 0.3) is 0 Å². The first-order chi connectivity index (χ1) is 8.56. The fraction of sp³-hybridized carbons (Fsp3) is 0.417. The van der Waals surface area contributed by atoms with Crippen LogP contribution < -0.4 is 10.5 Å². The Balaban J connectivity index is 2.15. The maximum atomic E-state index is 5.91. The van der Waals surface area contributed by atoms with Crippen molar-refractivity contribution < 1.29 is 4.74 Å². The van der Waals surface area contributed by atoms with Crippen molar-refractivity contribution in [1.29, 1.82) is 0 Å². The number of benzene rings is 1. The molecule has 6 heteroatoms. The van der Waals surface area contributed by atoms with E-state index in [0.29, 0.717) is 5.82 Å². The summed E-state index contributed by atoms with van der Waals surface area (Å²) >= 11 is 0. The molecule has 1 heterocycles. The molecule has 1 aromatic carbocycles. The smallest absolute Gasteiger partial charge is 0.212 e. The highest BCUT2D eigenvalue weighted by atomic mass is 16.5. The number of ether oxygens (including phenoxy) is 1. The fourth-order valence-corrected chi connectivity index (χ4v) is 1.67. The quantitative estimate of drug-likeness (QED) is 0.875. The minimum atomic E-state index is -0.0737. The van der Waals surface area contributed by atoms with E-state index >= 15 is 0 Å². The van der Waals surface area contributed by atoms with Crippen molar-refractivity contribution in [2.24, 2.45) is 12.8 Å². The number of nitrogens with two attached hydrogens (primary N) is 1. The summed E-state index contributed by atoms with van der Waals surface area (Å²) in [5.74, 6) is 1.33. The van der Waals surface area contributed by atoms with Gasteiger partial charge in [-0.25, -0.2) is 0 Å². The van der Waals surface area contributed by atoms with Gasteiger partial charge in [-0.3, -0.25) is 0 Å². The topological polar surface area (TPSA) is 78.9 Å². The Morgan fingerprint density at radius 1 is 1.44 bits per heavy atom. The highest BCUT2D eigenvalue weighted by Crippen LogP contribution is 2.25. The van der Waals surface area contributed by atoms with Crippen molar-refractivity contribution in [3.63, 3.8) is 0 Å². The van der Waals surface area contributed by atoms with Gasteiger partial charge < -0.3 is 10.5 Å². The summed E-state index contributed by atoms with van der Waals surface area (Å²) < 4.78 is 5.72. The van der Waals surface area contributed by atoms with E-state index in [1.165, 1.54) is 4.80 Å². The van der Waals surface area contributed by atoms with E-state index in [2.05, 4.69) is 15.4 Å². The van der Waals surface area contributed by atoms with Gasteiger partial charge in [-0.1, -0.05) is 12.1 Å². The highest BCUT2D eigenvalue weighted by Gasteiger charge is 2.10. The molecular formula is C12H17N5O. The number of rotatable bonds is 4. The minimum absolute atomic E-state index is 0.0737. The second-order valence-corrected chi connectivity index (χ2v) is 4.31. The molecule has 1 aromatic heterocycles. The van der Waals surface area contributed by atoms with Crippen LogP contribution in [0.25, 0.3) is 0 Å². The minimum Gasteiger partial charge on any atom is -0.485 e. The van der Waals surface area contributed by atoms with Gasteiger partial charge in [-0.2, -0.15) is 4.80 Å². The van der Waals surface area contributed by atoms with Crippen LogP contribution in [0.3, 0.4) is 0 Å². The first-order valence-corrected chi connectivity index (χ1v) is 5.78. The van der Waals surface area contributed by atoms with Crippen molar-refractivity contribution >= 4 is 0 Å². The van der Waals surface area contributed by atoms with Crippen molar-refractivity contribution in [2.75, 3.05) is 0 Å². The second kappa shape index (κ2) is 5.14. The molecule has 2 rings (SSSR count). The SMILES string of the molecule is Cc1ccc([C@@H](C)N)c(OCc2nnn(C)n2)c1. The molecule has 0 amide bonds. The molecule has 2 aromatic rings. The molecule has 0 bridgehead atoms. The van der Waals surface area contributed by atoms with Crippen LogP contribution in [0.15, 0.2) is 18.2 Å². The molecule has 0 aliphatic rings. The standard InChI is InChI=1S/C12H17N5O/c1-8-4-5-10(9(2)13)11(6-8)18-7-12-14-16-17(3)15-12/h4-6,9H,7,13H2,1-3H3/t9-/m1/s1. The van der Waals surface area contributed by atoms with Gasteiger partial charge in [0.1, 0.15) is 5.75 Å². The van der Waals surface area contributed by atoms with Crippen molar-refractivity contribution in [1.82, 2.24) is 20.2 Å². The number of nitrogens with zero attached hydrogens (tertiary/aromatic N) is 4. The van der Waals surface area contributed by atoms with Crippen molar-refractivity contribution in [3.05, 3.63) is 35.2 Å². The van der Waals surface area contributed by atoms with Gasteiger partial charge in [0.05, 0.1) is 7.05 Å². The van der Waals surface area contributed by atoms with Crippen LogP contribution in [0.1, 0.15) is 29.9 Å². The zero-order chi connectivity index (χ0) is 13.1. The third-order valence-electron chi connectivity index (χ3n) is 2.57. The van der Waals surface area contributed by atoms with Crippen LogP contribution >= 0.6 is 0 Å². The lowest BCUT2D eigenvalue weighted by atomic mass is 10.1. The predicted octanol–water partition coefficient (Wildman–Crippen LogP) is 1.12. The van der Waals surface area contributed by atoms with Gasteiger partial charge in [0.15, 0.2) is 6.61 Å². The van der Waals surface area contributed by atoms with E-state index in [1.807, 2.05) is 32.0 Å². The summed E-state index contributed by atoms with van der Waals surface area (Å²) in [6.45, 7) is 4.23. The molecule has 0 fully saturated rings. The first-order valence-electron chi connectivity index (χ1n) is 5.78. The Kier molecular flexibility index (Phi) is 3.57. The molecule has 18 heavy (non-hydrogen) atoms. The molecule has 2 N–H and O–H groups in total. The van der Waals surface area contributed by atoms with Gasteiger partial charge >= 0.3 is 0 Å². The molecule has 0 spiro atoms. The van der Waals surface area contributed by atoms with Crippen LogP contribution in [0.2, 0.25) is 0 Å². The van der Waals surface area contributed by atoms with Crippen molar-refractivity contribution in [2.45, 2.75) is 26.5 Å². The molecule has 0 unspecified atom stereocenters. The van der Waals surface area contributed by atoms with E-state index in [0.717, 1.165) is 16.9 Å². The lowest BCUT2D eigenvalue weighted by molar-refractivity contribution is 0.290. The second-order valence-electron chi connectivity index (χ2n) is 4.31. The summed E-state index contributed by atoms with van der Waals surface area (Å²) in [6, 6.07) is 5.90. The summed E-state index contributed by atoms with van der Waals surface area (Å²) in [4.78, 5) is 1.40. The highest BCUT2D eigenvalue weighted by molar-refractivity contribution is 5.38. The summed E-state index contributed by atoms with van der Waals surface area (Å²) in [7, 11) is 1.72. The maximum Gasteiger partial charge on any atom is 0.212 e. The van der Waals surface area contributed by atoms with Crippen LogP contribution in [0.5, 0.6) is 5.75 Å². The summed E-state index contributed by atoms with van der Waals surface area (Å²) in [6.07, 6.45) is 0. The Labute approximate surface area is 106 Å². The predicted molar refractivity (Wildman–Crippen MR) is 66.9 cm³/mol. The van der Waals surface area contributed by atoms with E-state index in [9.17, 15) is 0 Å². The number of hydrogen-bond acceptors (Lipinski definition) is 5. The monoisotopic (exact) mass is 247 g/mol. The van der Waals surface area contributed by atoms with Crippen LogP contribution in [-0.2, 0) is 13.7 Å². The molecule has 0 aliphatic heterocycles. The third kappa shape index (κ3) is 2.84. The van der Waals surface area contributed by atoms with Gasteiger partial charge in [0, 0.05) is 11.6 Å². The summed E-state index contributed by atoms with van der Waals surface area (Å²) in [5, 5.41) is 11.7. The molecule has 6 nitrogen and oxygen atoms in total. The molecule has 96 valence electrons. The van der Waals surface area contributed by atoms with Gasteiger partial charge in [0.2, 0.25) is 5.82 Å². The number of hydrogen-bond donors (Lipinski definition) is 1. The molecular weight excluding hydrogens is 230 g/mol. The average Bonchev–Trinajstić information content (AvgIpc) is 2.72. The molecule has 1 atom stereocenters. The molecule has 0 saturated heterocycles. The fourth-order valence-electron chi connectivity index (χ4n) is 1.67. The van der Waals surface area contributed by atoms with E-state index in [4.69, 9.17) is 10.5 Å². The Morgan fingerprint density at radius 3 is 2.83 bits per heavy atom. The van der Waals surface area contributed by atoms with E-state index < -0.39 is 0 Å². The Morgan fingerprint density at radius 2 is 2.22 bits per heavy atom. The zero-order valence-corrected chi connectivity index (χ0v) is 10.8. The average molecular weight is 247 g/mol. The zero-order valence-electron chi connectivity index (χ0n) is 10.8. The molecule has 0 saturated carbocycles. The first kappa shape index (κ1) is 12.5. The van der Waals surface area contributed by atoms with E-state index in [1.54, 1.807) is 7.05 Å². The number of aromatic nitrogens is 4. The van der Waals surface area contributed by atoms with Gasteiger partial charge in [-0.05, 0) is 30.7 Å². The van der Waals surface area contributed by atoms with Crippen molar-refractivity contribution in [3.8, 4) is 5.75 Å². The lowest BCUT2D eigenvalue weighted by Gasteiger charge is -2.13. The van der Waals surface area contributed by atoms with Crippen LogP contribution in [0, 0.1) is 6.92 Å². The molecule has 0 aliphatic carbocycles. The maximum absolute atomic E-state index is 5.91. The van der Waals surface area contributed by atoms with Crippen LogP contribution in [0.4, 0.5) is 0 Å². The lowest BCUT2D eigenvalue weighted by Crippen LogP contribution is -2.09. The van der Waals surface area contributed by atoms with Gasteiger partial charge in [-0.15, -0.1) is 10.2 Å². The Hall–Kier alpha value is -1.95. The normalized spacial score (nSPS) is 12.4. The third-order valence-corrected chi connectivity index (χ3v) is 2.57.